The molecule has 2 rings (SSSR count). The molecule has 0 radical (unpaired) electrons. The van der Waals surface area contributed by atoms with Gasteiger partial charge < -0.3 is 13.9 Å². The standard InChI is InChI=1S/C15H13NO6/c1-3-8-21-15(17)13-7-6-12(22-13)11-5-4-10(16(18)19)9-14(11)20-2/h3-7,9H,1,8H2,2H3. The van der Waals surface area contributed by atoms with Crippen LogP contribution in [0.1, 0.15) is 10.6 Å². The van der Waals surface area contributed by atoms with Gasteiger partial charge in [0.15, 0.2) is 0 Å². The maximum Gasteiger partial charge on any atom is 0.374 e. The summed E-state index contributed by atoms with van der Waals surface area (Å²) in [7, 11) is 1.39. The zero-order chi connectivity index (χ0) is 16.1. The number of hydrogen-bond acceptors (Lipinski definition) is 6. The van der Waals surface area contributed by atoms with Crippen LogP contribution in [-0.2, 0) is 4.74 Å². The average molecular weight is 303 g/mol. The van der Waals surface area contributed by atoms with Gasteiger partial charge in [0.2, 0.25) is 5.76 Å². The molecular weight excluding hydrogens is 290 g/mol. The Morgan fingerprint density at radius 1 is 1.41 bits per heavy atom. The van der Waals surface area contributed by atoms with Gasteiger partial charge in [-0.15, -0.1) is 0 Å². The lowest BCUT2D eigenvalue weighted by molar-refractivity contribution is -0.384. The first-order valence-electron chi connectivity index (χ1n) is 6.27. The molecule has 2 aromatic rings. The van der Waals surface area contributed by atoms with Gasteiger partial charge in [0.05, 0.1) is 23.7 Å². The Balaban J connectivity index is 2.32. The molecular formula is C15H13NO6. The molecule has 7 heteroatoms. The Labute approximate surface area is 125 Å². The van der Waals surface area contributed by atoms with E-state index >= 15 is 0 Å². The molecule has 0 aliphatic carbocycles. The Morgan fingerprint density at radius 3 is 2.82 bits per heavy atom. The van der Waals surface area contributed by atoms with E-state index in [2.05, 4.69) is 6.58 Å². The van der Waals surface area contributed by atoms with E-state index in [1.54, 1.807) is 6.07 Å². The summed E-state index contributed by atoms with van der Waals surface area (Å²) in [5.74, 6) is 0.0242. The zero-order valence-electron chi connectivity index (χ0n) is 11.8. The van der Waals surface area contributed by atoms with E-state index < -0.39 is 10.9 Å². The number of benzene rings is 1. The van der Waals surface area contributed by atoms with Crippen molar-refractivity contribution < 1.29 is 23.6 Å². The van der Waals surface area contributed by atoms with Crippen molar-refractivity contribution in [2.75, 3.05) is 13.7 Å². The molecule has 7 nitrogen and oxygen atoms in total. The van der Waals surface area contributed by atoms with Crippen molar-refractivity contribution in [3.05, 3.63) is 58.9 Å². The highest BCUT2D eigenvalue weighted by atomic mass is 16.6. The van der Waals surface area contributed by atoms with Crippen LogP contribution >= 0.6 is 0 Å². The molecule has 114 valence electrons. The number of ether oxygens (including phenoxy) is 2. The molecule has 1 aromatic carbocycles. The topological polar surface area (TPSA) is 91.8 Å². The molecule has 0 fully saturated rings. The lowest BCUT2D eigenvalue weighted by Gasteiger charge is -2.05. The van der Waals surface area contributed by atoms with Crippen LogP contribution in [0.5, 0.6) is 5.75 Å². The normalized spacial score (nSPS) is 10.0. The highest BCUT2D eigenvalue weighted by Gasteiger charge is 2.18. The van der Waals surface area contributed by atoms with Crippen LogP contribution in [0.4, 0.5) is 5.69 Å². The second kappa shape index (κ2) is 6.57. The highest BCUT2D eigenvalue weighted by molar-refractivity contribution is 5.87. The number of nitro benzene ring substituents is 1. The summed E-state index contributed by atoms with van der Waals surface area (Å²) in [6, 6.07) is 7.13. The number of carbonyl (C=O) groups excluding carboxylic acids is 1. The number of hydrogen-bond donors (Lipinski definition) is 0. The highest BCUT2D eigenvalue weighted by Crippen LogP contribution is 2.34. The molecule has 0 saturated heterocycles. The maximum atomic E-state index is 11.7. The molecule has 22 heavy (non-hydrogen) atoms. The van der Waals surface area contributed by atoms with E-state index in [0.29, 0.717) is 11.3 Å². The van der Waals surface area contributed by atoms with Gasteiger partial charge >= 0.3 is 5.97 Å². The minimum atomic E-state index is -0.618. The van der Waals surface area contributed by atoms with E-state index in [4.69, 9.17) is 13.9 Å². The quantitative estimate of drug-likeness (QED) is 0.352. The fourth-order valence-electron chi connectivity index (χ4n) is 1.80. The Bertz CT molecular complexity index is 719. The van der Waals surface area contributed by atoms with Crippen molar-refractivity contribution in [3.63, 3.8) is 0 Å². The lowest BCUT2D eigenvalue weighted by atomic mass is 10.1. The average Bonchev–Trinajstić information content (AvgIpc) is 3.01. The summed E-state index contributed by atoms with van der Waals surface area (Å²) in [5.41, 5.74) is 0.397. The summed E-state index contributed by atoms with van der Waals surface area (Å²) in [6.07, 6.45) is 1.45. The molecule has 0 atom stereocenters. The van der Waals surface area contributed by atoms with Crippen molar-refractivity contribution >= 4 is 11.7 Å². The monoisotopic (exact) mass is 303 g/mol. The molecule has 1 heterocycles. The van der Waals surface area contributed by atoms with Crippen LogP contribution in [0.2, 0.25) is 0 Å². The summed E-state index contributed by atoms with van der Waals surface area (Å²) >= 11 is 0. The Kier molecular flexibility index (Phi) is 4.57. The van der Waals surface area contributed by atoms with Gasteiger partial charge in [0.1, 0.15) is 18.1 Å². The van der Waals surface area contributed by atoms with Crippen molar-refractivity contribution in [3.8, 4) is 17.1 Å². The van der Waals surface area contributed by atoms with Gasteiger partial charge in [-0.05, 0) is 18.2 Å². The predicted octanol–water partition coefficient (Wildman–Crippen LogP) is 3.21. The molecule has 0 amide bonds. The second-order valence-electron chi connectivity index (χ2n) is 4.19. The van der Waals surface area contributed by atoms with E-state index in [1.165, 1.54) is 37.5 Å². The number of non-ortho nitro benzene ring substituents is 1. The van der Waals surface area contributed by atoms with Crippen LogP contribution in [0, 0.1) is 10.1 Å². The van der Waals surface area contributed by atoms with Crippen molar-refractivity contribution in [1.82, 2.24) is 0 Å². The van der Waals surface area contributed by atoms with E-state index in [1.807, 2.05) is 0 Å². The maximum absolute atomic E-state index is 11.7. The van der Waals surface area contributed by atoms with Gasteiger partial charge in [-0.1, -0.05) is 12.7 Å². The van der Waals surface area contributed by atoms with Crippen LogP contribution in [0.25, 0.3) is 11.3 Å². The fourth-order valence-corrected chi connectivity index (χ4v) is 1.80. The first-order valence-corrected chi connectivity index (χ1v) is 6.27. The molecule has 0 bridgehead atoms. The van der Waals surface area contributed by atoms with Crippen LogP contribution in [0.3, 0.4) is 0 Å². The van der Waals surface area contributed by atoms with Gasteiger partial charge in [-0.2, -0.15) is 0 Å². The van der Waals surface area contributed by atoms with Crippen LogP contribution in [0.15, 0.2) is 47.4 Å². The SMILES string of the molecule is C=CCOC(=O)c1ccc(-c2ccc([N+](=O)[O-])cc2OC)o1. The Morgan fingerprint density at radius 2 is 2.18 bits per heavy atom. The van der Waals surface area contributed by atoms with Gasteiger partial charge in [-0.25, -0.2) is 4.79 Å². The predicted molar refractivity (Wildman–Crippen MR) is 77.8 cm³/mol. The molecule has 0 unspecified atom stereocenters. The first-order chi connectivity index (χ1) is 10.6. The molecule has 0 saturated carbocycles. The molecule has 0 N–H and O–H groups in total. The lowest BCUT2D eigenvalue weighted by Crippen LogP contribution is -2.03. The van der Waals surface area contributed by atoms with E-state index in [0.717, 1.165) is 0 Å². The largest absolute Gasteiger partial charge is 0.496 e. The molecule has 1 aromatic heterocycles. The Hall–Kier alpha value is -3.09. The third-order valence-corrected chi connectivity index (χ3v) is 2.80. The third-order valence-electron chi connectivity index (χ3n) is 2.80. The van der Waals surface area contributed by atoms with E-state index in [9.17, 15) is 14.9 Å². The van der Waals surface area contributed by atoms with Gasteiger partial charge in [0.25, 0.3) is 5.69 Å². The van der Waals surface area contributed by atoms with Crippen molar-refractivity contribution in [1.29, 1.82) is 0 Å². The molecule has 0 aliphatic heterocycles. The number of carbonyl (C=O) groups is 1. The van der Waals surface area contributed by atoms with Gasteiger partial charge in [0, 0.05) is 6.07 Å². The fraction of sp³-hybridized carbons (Fsp3) is 0.133. The van der Waals surface area contributed by atoms with Crippen LogP contribution in [-0.4, -0.2) is 24.6 Å². The number of esters is 1. The van der Waals surface area contributed by atoms with Gasteiger partial charge in [-0.3, -0.25) is 10.1 Å². The smallest absolute Gasteiger partial charge is 0.374 e. The van der Waals surface area contributed by atoms with Crippen LogP contribution < -0.4 is 4.74 Å². The summed E-state index contributed by atoms with van der Waals surface area (Å²) in [5, 5.41) is 10.8. The molecule has 0 spiro atoms. The minimum absolute atomic E-state index is 0.0252. The van der Waals surface area contributed by atoms with Crippen molar-refractivity contribution in [2.45, 2.75) is 0 Å². The zero-order valence-corrected chi connectivity index (χ0v) is 11.8. The second-order valence-corrected chi connectivity index (χ2v) is 4.19. The number of nitro groups is 1. The number of methoxy groups -OCH3 is 1. The first kappa shape index (κ1) is 15.3. The summed E-state index contributed by atoms with van der Waals surface area (Å²) in [6.45, 7) is 3.52. The summed E-state index contributed by atoms with van der Waals surface area (Å²) < 4.78 is 15.4. The number of furan rings is 1. The minimum Gasteiger partial charge on any atom is -0.496 e. The number of nitrogens with zero attached hydrogens (tertiary/aromatic N) is 1. The van der Waals surface area contributed by atoms with Crippen molar-refractivity contribution in [2.24, 2.45) is 0 Å². The number of rotatable bonds is 6. The van der Waals surface area contributed by atoms with E-state index in [-0.39, 0.29) is 23.8 Å². The summed E-state index contributed by atoms with van der Waals surface area (Å²) in [4.78, 5) is 21.9. The molecule has 0 aliphatic rings. The third kappa shape index (κ3) is 3.14.